The van der Waals surface area contributed by atoms with Gasteiger partial charge in [0.1, 0.15) is 12.1 Å². The topological polar surface area (TPSA) is 58.8 Å². The molecule has 180 valence electrons. The highest BCUT2D eigenvalue weighted by Crippen LogP contribution is 2.23. The van der Waals surface area contributed by atoms with Gasteiger partial charge in [-0.1, -0.05) is 57.2 Å². The second-order valence-electron chi connectivity index (χ2n) is 9.75. The number of hydrogen-bond acceptors (Lipinski definition) is 5. The Morgan fingerprint density at radius 1 is 0.971 bits per heavy atom. The Morgan fingerprint density at radius 3 is 2.15 bits per heavy atom. The van der Waals surface area contributed by atoms with Crippen molar-refractivity contribution >= 4 is 5.91 Å². The molecule has 0 spiro atoms. The lowest BCUT2D eigenvalue weighted by atomic mass is 9.87. The highest BCUT2D eigenvalue weighted by molar-refractivity contribution is 5.92. The molecule has 0 unspecified atom stereocenters. The van der Waals surface area contributed by atoms with Crippen molar-refractivity contribution in [1.29, 1.82) is 0 Å². The molecule has 1 aromatic heterocycles. The number of aromatic nitrogens is 1. The molecule has 7 heteroatoms. The zero-order valence-electron chi connectivity index (χ0n) is 20.1. The normalized spacial score (nSPS) is 14.6. The molecule has 6 nitrogen and oxygen atoms in total. The highest BCUT2D eigenvalue weighted by Gasteiger charge is 2.22. The van der Waals surface area contributed by atoms with Gasteiger partial charge in [-0.05, 0) is 34.2 Å². The summed E-state index contributed by atoms with van der Waals surface area (Å²) >= 11 is 0. The van der Waals surface area contributed by atoms with Gasteiger partial charge in [-0.2, -0.15) is 0 Å². The average molecular weight is 466 g/mol. The number of morpholine rings is 1. The molecule has 2 heterocycles. The molecule has 0 aliphatic carbocycles. The van der Waals surface area contributed by atoms with Crippen molar-refractivity contribution in [2.75, 3.05) is 26.3 Å². The number of nitrogens with zero attached hydrogens (tertiary/aromatic N) is 3. The Labute approximate surface area is 200 Å². The van der Waals surface area contributed by atoms with Crippen LogP contribution in [0.25, 0.3) is 0 Å². The number of carbonyl (C=O) groups is 1. The molecule has 1 amide bonds. The Kier molecular flexibility index (Phi) is 7.44. The third kappa shape index (κ3) is 6.30. The molecule has 0 N–H and O–H groups in total. The Hall–Kier alpha value is -3.03. The van der Waals surface area contributed by atoms with E-state index in [1.54, 1.807) is 17.0 Å². The smallest absolute Gasteiger partial charge is 0.275 e. The van der Waals surface area contributed by atoms with Gasteiger partial charge in [-0.3, -0.25) is 9.69 Å². The number of rotatable bonds is 7. The number of halogens is 1. The van der Waals surface area contributed by atoms with E-state index in [2.05, 4.69) is 54.9 Å². The van der Waals surface area contributed by atoms with Gasteiger partial charge in [0, 0.05) is 26.2 Å². The number of benzene rings is 2. The first-order valence-electron chi connectivity index (χ1n) is 11.7. The van der Waals surface area contributed by atoms with E-state index in [4.69, 9.17) is 9.15 Å². The number of hydrogen-bond donors (Lipinski definition) is 0. The SMILES string of the molecule is CC(C)(C)c1ccc(CN(Cc2ccc(F)cc2)Cc2nc(C(=O)N3CCOCC3)co2)cc1. The van der Waals surface area contributed by atoms with Crippen LogP contribution in [0.15, 0.2) is 59.2 Å². The summed E-state index contributed by atoms with van der Waals surface area (Å²) in [7, 11) is 0. The molecule has 34 heavy (non-hydrogen) atoms. The third-order valence-corrected chi connectivity index (χ3v) is 5.97. The van der Waals surface area contributed by atoms with Crippen LogP contribution in [0.2, 0.25) is 0 Å². The minimum Gasteiger partial charge on any atom is -0.447 e. The van der Waals surface area contributed by atoms with Crippen LogP contribution in [-0.4, -0.2) is 47.0 Å². The first kappa shape index (κ1) is 24.1. The largest absolute Gasteiger partial charge is 0.447 e. The minimum atomic E-state index is -0.257. The summed E-state index contributed by atoms with van der Waals surface area (Å²) in [4.78, 5) is 21.1. The van der Waals surface area contributed by atoms with E-state index in [-0.39, 0.29) is 17.1 Å². The van der Waals surface area contributed by atoms with Crippen molar-refractivity contribution in [3.63, 3.8) is 0 Å². The van der Waals surface area contributed by atoms with E-state index in [9.17, 15) is 9.18 Å². The second-order valence-corrected chi connectivity index (χ2v) is 9.75. The maximum atomic E-state index is 13.4. The van der Waals surface area contributed by atoms with Crippen LogP contribution in [-0.2, 0) is 29.8 Å². The molecule has 0 saturated carbocycles. The fourth-order valence-corrected chi connectivity index (χ4v) is 3.99. The first-order chi connectivity index (χ1) is 16.3. The molecule has 1 fully saturated rings. The van der Waals surface area contributed by atoms with Crippen molar-refractivity contribution in [2.24, 2.45) is 0 Å². The van der Waals surface area contributed by atoms with E-state index in [1.807, 2.05) is 0 Å². The van der Waals surface area contributed by atoms with Crippen molar-refractivity contribution in [2.45, 2.75) is 45.8 Å². The Morgan fingerprint density at radius 2 is 1.56 bits per heavy atom. The van der Waals surface area contributed by atoms with E-state index >= 15 is 0 Å². The standard InChI is InChI=1S/C27H32FN3O3/c1-27(2,3)22-8-4-20(5-9-22)16-30(17-21-6-10-23(28)11-7-21)18-25-29-24(19-34-25)26(32)31-12-14-33-15-13-31/h4-11,19H,12-18H2,1-3H3. The Bertz CT molecular complexity index is 1080. The fourth-order valence-electron chi connectivity index (χ4n) is 3.99. The van der Waals surface area contributed by atoms with Crippen molar-refractivity contribution in [3.8, 4) is 0 Å². The van der Waals surface area contributed by atoms with Crippen molar-refractivity contribution in [3.05, 3.63) is 88.9 Å². The van der Waals surface area contributed by atoms with Gasteiger partial charge in [0.2, 0.25) is 5.89 Å². The van der Waals surface area contributed by atoms with Crippen LogP contribution >= 0.6 is 0 Å². The summed E-state index contributed by atoms with van der Waals surface area (Å²) in [5.41, 5.74) is 3.83. The van der Waals surface area contributed by atoms with Gasteiger partial charge < -0.3 is 14.1 Å². The lowest BCUT2D eigenvalue weighted by molar-refractivity contribution is 0.0299. The number of amides is 1. The summed E-state index contributed by atoms with van der Waals surface area (Å²) in [5.74, 6) is 0.0817. The predicted octanol–water partition coefficient (Wildman–Crippen LogP) is 4.79. The maximum Gasteiger partial charge on any atom is 0.275 e. The lowest BCUT2D eigenvalue weighted by Crippen LogP contribution is -2.40. The number of ether oxygens (including phenoxy) is 1. The monoisotopic (exact) mass is 465 g/mol. The average Bonchev–Trinajstić information content (AvgIpc) is 3.29. The van der Waals surface area contributed by atoms with E-state index < -0.39 is 0 Å². The summed E-state index contributed by atoms with van der Waals surface area (Å²) in [6.07, 6.45) is 1.43. The maximum absolute atomic E-state index is 13.4. The quantitative estimate of drug-likeness (QED) is 0.502. The molecule has 4 rings (SSSR count). The van der Waals surface area contributed by atoms with Crippen LogP contribution in [0.1, 0.15) is 53.8 Å². The summed E-state index contributed by atoms with van der Waals surface area (Å²) in [6, 6.07) is 15.1. The third-order valence-electron chi connectivity index (χ3n) is 5.97. The van der Waals surface area contributed by atoms with Crippen LogP contribution in [0.3, 0.4) is 0 Å². The first-order valence-corrected chi connectivity index (χ1v) is 11.7. The van der Waals surface area contributed by atoms with Crippen LogP contribution < -0.4 is 0 Å². The summed E-state index contributed by atoms with van der Waals surface area (Å²) in [6.45, 7) is 10.5. The van der Waals surface area contributed by atoms with Crippen molar-refractivity contribution in [1.82, 2.24) is 14.8 Å². The van der Waals surface area contributed by atoms with Crippen LogP contribution in [0, 0.1) is 5.82 Å². The molecule has 0 radical (unpaired) electrons. The van der Waals surface area contributed by atoms with Gasteiger partial charge >= 0.3 is 0 Å². The fraction of sp³-hybridized carbons (Fsp3) is 0.407. The van der Waals surface area contributed by atoms with Gasteiger partial charge in [0.05, 0.1) is 19.8 Å². The molecule has 1 aliphatic rings. The molecule has 1 saturated heterocycles. The molecule has 3 aromatic rings. The van der Waals surface area contributed by atoms with E-state index in [0.717, 1.165) is 11.1 Å². The van der Waals surface area contributed by atoms with Crippen LogP contribution in [0.4, 0.5) is 4.39 Å². The van der Waals surface area contributed by atoms with Gasteiger partial charge in [-0.25, -0.2) is 9.37 Å². The van der Waals surface area contributed by atoms with E-state index in [1.165, 1.54) is 24.0 Å². The predicted molar refractivity (Wildman–Crippen MR) is 128 cm³/mol. The summed E-state index contributed by atoms with van der Waals surface area (Å²) in [5, 5.41) is 0. The highest BCUT2D eigenvalue weighted by atomic mass is 19.1. The number of oxazole rings is 1. The molecular formula is C27H32FN3O3. The van der Waals surface area contributed by atoms with Gasteiger partial charge in [0.25, 0.3) is 5.91 Å². The second kappa shape index (κ2) is 10.5. The van der Waals surface area contributed by atoms with Gasteiger partial charge in [0.15, 0.2) is 5.69 Å². The number of carbonyl (C=O) groups excluding carboxylic acids is 1. The van der Waals surface area contributed by atoms with Crippen molar-refractivity contribution < 1.29 is 18.3 Å². The molecule has 1 aliphatic heterocycles. The van der Waals surface area contributed by atoms with E-state index in [0.29, 0.717) is 57.5 Å². The minimum absolute atomic E-state index is 0.0911. The molecule has 0 bridgehead atoms. The lowest BCUT2D eigenvalue weighted by Gasteiger charge is -2.25. The molecule has 0 atom stereocenters. The summed E-state index contributed by atoms with van der Waals surface area (Å²) < 4.78 is 24.4. The Balaban J connectivity index is 1.49. The zero-order chi connectivity index (χ0) is 24.1. The van der Waals surface area contributed by atoms with Gasteiger partial charge in [-0.15, -0.1) is 0 Å². The zero-order valence-corrected chi connectivity index (χ0v) is 20.1. The van der Waals surface area contributed by atoms with Crippen LogP contribution in [0.5, 0.6) is 0 Å². The molecule has 2 aromatic carbocycles. The molecular weight excluding hydrogens is 433 g/mol.